The second-order valence-corrected chi connectivity index (χ2v) is 7.59. The van der Waals surface area contributed by atoms with E-state index in [-0.39, 0.29) is 5.41 Å². The van der Waals surface area contributed by atoms with Crippen molar-refractivity contribution >= 4 is 5.91 Å². The lowest BCUT2D eigenvalue weighted by atomic mass is 9.77. The quantitative estimate of drug-likeness (QED) is 0.853. The summed E-state index contributed by atoms with van der Waals surface area (Å²) in [5.41, 5.74) is 2.55. The monoisotopic (exact) mass is 339 g/mol. The number of piperidine rings is 1. The van der Waals surface area contributed by atoms with E-state index in [1.807, 2.05) is 41.2 Å². The van der Waals surface area contributed by atoms with Crippen LogP contribution in [0.25, 0.3) is 0 Å². The summed E-state index contributed by atoms with van der Waals surface area (Å²) >= 11 is 0. The highest BCUT2D eigenvalue weighted by Crippen LogP contribution is 2.41. The Hall–Kier alpha value is -2.21. The molecule has 0 aliphatic carbocycles. The maximum Gasteiger partial charge on any atom is 0.223 e. The Morgan fingerprint density at radius 2 is 2.00 bits per heavy atom. The molecule has 2 aliphatic rings. The predicted molar refractivity (Wildman–Crippen MR) is 94.4 cm³/mol. The maximum atomic E-state index is 12.5. The van der Waals surface area contributed by atoms with Gasteiger partial charge in [0, 0.05) is 57.3 Å². The largest absolute Gasteiger partial charge is 0.338 e. The van der Waals surface area contributed by atoms with Crippen LogP contribution in [0.5, 0.6) is 0 Å². The van der Waals surface area contributed by atoms with Crippen molar-refractivity contribution in [1.82, 2.24) is 24.6 Å². The van der Waals surface area contributed by atoms with Crippen molar-refractivity contribution in [2.75, 3.05) is 19.6 Å². The Labute approximate surface area is 148 Å². The molecule has 6 nitrogen and oxygen atoms in total. The van der Waals surface area contributed by atoms with E-state index in [1.54, 1.807) is 6.20 Å². The first kappa shape index (κ1) is 16.3. The van der Waals surface area contributed by atoms with Gasteiger partial charge in [0.2, 0.25) is 5.91 Å². The van der Waals surface area contributed by atoms with E-state index in [1.165, 1.54) is 5.56 Å². The standard InChI is InChI=1S/C19H25N5O/c1-22-12-17(11-21-22)13-23-7-4-19(5-8-23)9-18(25)24(15-19)14-16-3-2-6-20-10-16/h2-3,6,10-12H,4-5,7-9,13-15H2,1H3. The molecule has 2 fully saturated rings. The maximum absolute atomic E-state index is 12.5. The lowest BCUT2D eigenvalue weighted by Gasteiger charge is -2.38. The average molecular weight is 339 g/mol. The third-order valence-corrected chi connectivity index (χ3v) is 5.58. The van der Waals surface area contributed by atoms with Crippen molar-refractivity contribution in [2.24, 2.45) is 12.5 Å². The molecule has 0 bridgehead atoms. The molecule has 2 aliphatic heterocycles. The number of hydrogen-bond donors (Lipinski definition) is 0. The average Bonchev–Trinajstić information content (AvgIpc) is 3.15. The molecule has 0 aromatic carbocycles. The fourth-order valence-electron chi connectivity index (χ4n) is 4.17. The summed E-state index contributed by atoms with van der Waals surface area (Å²) < 4.78 is 1.85. The lowest BCUT2D eigenvalue weighted by molar-refractivity contribution is -0.128. The van der Waals surface area contributed by atoms with E-state index in [0.29, 0.717) is 18.9 Å². The zero-order valence-corrected chi connectivity index (χ0v) is 14.8. The molecule has 2 saturated heterocycles. The molecule has 0 unspecified atom stereocenters. The van der Waals surface area contributed by atoms with Gasteiger partial charge in [-0.3, -0.25) is 19.4 Å². The second kappa shape index (κ2) is 6.59. The van der Waals surface area contributed by atoms with Gasteiger partial charge in [0.15, 0.2) is 0 Å². The molecule has 0 atom stereocenters. The smallest absolute Gasteiger partial charge is 0.223 e. The van der Waals surface area contributed by atoms with Crippen LogP contribution in [-0.4, -0.2) is 50.1 Å². The van der Waals surface area contributed by atoms with E-state index < -0.39 is 0 Å². The van der Waals surface area contributed by atoms with Crippen LogP contribution in [0.4, 0.5) is 0 Å². The Kier molecular flexibility index (Phi) is 4.29. The normalized spacial score (nSPS) is 20.5. The van der Waals surface area contributed by atoms with E-state index >= 15 is 0 Å². The number of nitrogens with zero attached hydrogens (tertiary/aromatic N) is 5. The summed E-state index contributed by atoms with van der Waals surface area (Å²) in [6, 6.07) is 3.98. The molecule has 0 N–H and O–H groups in total. The number of amides is 1. The molecule has 4 rings (SSSR count). The van der Waals surface area contributed by atoms with Crippen LogP contribution in [0.2, 0.25) is 0 Å². The van der Waals surface area contributed by atoms with Crippen molar-refractivity contribution < 1.29 is 4.79 Å². The van der Waals surface area contributed by atoms with Crippen molar-refractivity contribution in [3.63, 3.8) is 0 Å². The van der Waals surface area contributed by atoms with Gasteiger partial charge in [-0.15, -0.1) is 0 Å². The number of likely N-dealkylation sites (tertiary alicyclic amines) is 2. The summed E-state index contributed by atoms with van der Waals surface area (Å²) in [5, 5.41) is 4.25. The topological polar surface area (TPSA) is 54.3 Å². The number of carbonyl (C=O) groups excluding carboxylic acids is 1. The van der Waals surface area contributed by atoms with E-state index in [2.05, 4.69) is 21.2 Å². The fourth-order valence-corrected chi connectivity index (χ4v) is 4.17. The van der Waals surface area contributed by atoms with Crippen LogP contribution in [0.3, 0.4) is 0 Å². The van der Waals surface area contributed by atoms with E-state index in [9.17, 15) is 4.79 Å². The fraction of sp³-hybridized carbons (Fsp3) is 0.526. The van der Waals surface area contributed by atoms with E-state index in [4.69, 9.17) is 0 Å². The Morgan fingerprint density at radius 1 is 1.16 bits per heavy atom. The Morgan fingerprint density at radius 3 is 2.68 bits per heavy atom. The van der Waals surface area contributed by atoms with Crippen LogP contribution >= 0.6 is 0 Å². The van der Waals surface area contributed by atoms with Crippen LogP contribution < -0.4 is 0 Å². The summed E-state index contributed by atoms with van der Waals surface area (Å²) in [4.78, 5) is 21.2. The summed E-state index contributed by atoms with van der Waals surface area (Å²) in [7, 11) is 1.95. The minimum atomic E-state index is 0.171. The zero-order chi connectivity index (χ0) is 17.3. The molecule has 4 heterocycles. The Balaban J connectivity index is 1.34. The second-order valence-electron chi connectivity index (χ2n) is 7.59. The first-order valence-corrected chi connectivity index (χ1v) is 8.99. The van der Waals surface area contributed by atoms with Gasteiger partial charge in [0.25, 0.3) is 0 Å². The minimum Gasteiger partial charge on any atom is -0.338 e. The third-order valence-electron chi connectivity index (χ3n) is 5.58. The summed E-state index contributed by atoms with van der Waals surface area (Å²) in [5.74, 6) is 0.296. The first-order valence-electron chi connectivity index (χ1n) is 8.99. The first-order chi connectivity index (χ1) is 12.1. The van der Waals surface area contributed by atoms with Gasteiger partial charge in [0.1, 0.15) is 0 Å². The number of carbonyl (C=O) groups is 1. The van der Waals surface area contributed by atoms with Crippen LogP contribution in [-0.2, 0) is 24.9 Å². The van der Waals surface area contributed by atoms with Gasteiger partial charge in [0.05, 0.1) is 6.20 Å². The summed E-state index contributed by atoms with van der Waals surface area (Å²) in [6.07, 6.45) is 10.6. The van der Waals surface area contributed by atoms with Gasteiger partial charge < -0.3 is 4.90 Å². The minimum absolute atomic E-state index is 0.171. The molecule has 0 saturated carbocycles. The number of aromatic nitrogens is 3. The molecule has 6 heteroatoms. The highest BCUT2D eigenvalue weighted by atomic mass is 16.2. The number of pyridine rings is 1. The molecule has 1 amide bonds. The molecule has 1 spiro atoms. The molecule has 0 radical (unpaired) electrons. The predicted octanol–water partition coefficient (Wildman–Crippen LogP) is 1.83. The van der Waals surface area contributed by atoms with Crippen LogP contribution in [0.1, 0.15) is 30.4 Å². The zero-order valence-electron chi connectivity index (χ0n) is 14.8. The number of hydrogen-bond acceptors (Lipinski definition) is 4. The van der Waals surface area contributed by atoms with Gasteiger partial charge in [-0.1, -0.05) is 6.07 Å². The number of aryl methyl sites for hydroxylation is 1. The van der Waals surface area contributed by atoms with Crippen LogP contribution in [0, 0.1) is 5.41 Å². The van der Waals surface area contributed by atoms with Gasteiger partial charge in [-0.25, -0.2) is 0 Å². The van der Waals surface area contributed by atoms with Crippen LogP contribution in [0.15, 0.2) is 36.9 Å². The van der Waals surface area contributed by atoms with Crippen molar-refractivity contribution in [3.05, 3.63) is 48.0 Å². The molecule has 25 heavy (non-hydrogen) atoms. The summed E-state index contributed by atoms with van der Waals surface area (Å²) in [6.45, 7) is 4.65. The van der Waals surface area contributed by atoms with Crippen molar-refractivity contribution in [2.45, 2.75) is 32.4 Å². The highest BCUT2D eigenvalue weighted by Gasteiger charge is 2.44. The Bertz CT molecular complexity index is 733. The third kappa shape index (κ3) is 3.58. The highest BCUT2D eigenvalue weighted by molar-refractivity contribution is 5.79. The van der Waals surface area contributed by atoms with E-state index in [0.717, 1.165) is 44.6 Å². The molecule has 2 aromatic rings. The SMILES string of the molecule is Cn1cc(CN2CCC3(CC2)CC(=O)N(Cc2cccnc2)C3)cn1. The molecular weight excluding hydrogens is 314 g/mol. The van der Waals surface area contributed by atoms with Gasteiger partial charge in [-0.05, 0) is 43.0 Å². The molecule has 132 valence electrons. The van der Waals surface area contributed by atoms with Gasteiger partial charge >= 0.3 is 0 Å². The van der Waals surface area contributed by atoms with Crippen molar-refractivity contribution in [3.8, 4) is 0 Å². The van der Waals surface area contributed by atoms with Crippen molar-refractivity contribution in [1.29, 1.82) is 0 Å². The van der Waals surface area contributed by atoms with Gasteiger partial charge in [-0.2, -0.15) is 5.10 Å². The lowest BCUT2D eigenvalue weighted by Crippen LogP contribution is -2.41. The molecule has 2 aromatic heterocycles. The number of rotatable bonds is 4. The molecular formula is C19H25N5O.